The van der Waals surface area contributed by atoms with Crippen LogP contribution in [0, 0.1) is 23.7 Å². The summed E-state index contributed by atoms with van der Waals surface area (Å²) < 4.78 is 106. The van der Waals surface area contributed by atoms with Crippen molar-refractivity contribution >= 4 is 23.5 Å². The lowest BCUT2D eigenvalue weighted by molar-refractivity contribution is -0.278. The van der Waals surface area contributed by atoms with Crippen LogP contribution in [0.3, 0.4) is 0 Å². The molecular weight excluding hydrogens is 706 g/mol. The normalized spacial score (nSPS) is 16.4. The van der Waals surface area contributed by atoms with Gasteiger partial charge >= 0.3 is 24.3 Å². The molecule has 0 aliphatic rings. The van der Waals surface area contributed by atoms with Crippen LogP contribution < -0.4 is 0 Å². The van der Waals surface area contributed by atoms with Crippen LogP contribution in [0.1, 0.15) is 69.9 Å². The molecule has 2 rings (SSSR count). The van der Waals surface area contributed by atoms with Crippen molar-refractivity contribution in [2.24, 2.45) is 0 Å². The largest absolute Gasteiger partial charge is 0.446 e. The molecule has 0 radical (unpaired) electrons. The Labute approximate surface area is 298 Å². The van der Waals surface area contributed by atoms with E-state index < -0.39 is 70.3 Å². The molecule has 0 heterocycles. The van der Waals surface area contributed by atoms with Gasteiger partial charge in [-0.05, 0) is 36.5 Å². The van der Waals surface area contributed by atoms with Crippen molar-refractivity contribution in [1.29, 1.82) is 0 Å². The SMILES string of the molecule is CCCCCCCC(Cl)[C@H](O)[C@@H](C#CC#C[C@H](CC)OC(=O)[C@@](OC)(c1ccccc1)C(F)(F)F)OC(=O)[C@@](OC)(c1ccccc1)C(F)(F)F. The highest BCUT2D eigenvalue weighted by molar-refractivity contribution is 6.21. The fourth-order valence-electron chi connectivity index (χ4n) is 5.11. The molecule has 7 nitrogen and oxygen atoms in total. The monoisotopic (exact) mass is 746 g/mol. The van der Waals surface area contributed by atoms with Gasteiger partial charge in [0.15, 0.2) is 12.2 Å². The van der Waals surface area contributed by atoms with Gasteiger partial charge in [-0.3, -0.25) is 0 Å². The number of halogens is 7. The quantitative estimate of drug-likeness (QED) is 0.0582. The Morgan fingerprint density at radius 3 is 1.61 bits per heavy atom. The lowest BCUT2D eigenvalue weighted by Crippen LogP contribution is -2.53. The highest BCUT2D eigenvalue weighted by Crippen LogP contribution is 2.44. The summed E-state index contributed by atoms with van der Waals surface area (Å²) in [6.45, 7) is 3.49. The molecule has 280 valence electrons. The summed E-state index contributed by atoms with van der Waals surface area (Å²) in [6, 6.07) is 12.1. The first-order valence-electron chi connectivity index (χ1n) is 16.2. The van der Waals surface area contributed by atoms with E-state index in [1.807, 2.05) is 6.92 Å². The Balaban J connectivity index is 2.46. The maximum absolute atomic E-state index is 14.5. The molecule has 0 amide bonds. The van der Waals surface area contributed by atoms with E-state index in [4.69, 9.17) is 30.5 Å². The van der Waals surface area contributed by atoms with Gasteiger partial charge in [0, 0.05) is 25.3 Å². The lowest BCUT2D eigenvalue weighted by atomic mass is 9.92. The third kappa shape index (κ3) is 10.6. The molecule has 2 aromatic carbocycles. The van der Waals surface area contributed by atoms with E-state index in [1.54, 1.807) is 0 Å². The number of methoxy groups -OCH3 is 2. The first-order valence-corrected chi connectivity index (χ1v) is 16.6. The van der Waals surface area contributed by atoms with Crippen LogP contribution in [0.15, 0.2) is 60.7 Å². The molecule has 0 aliphatic heterocycles. The zero-order valence-electron chi connectivity index (χ0n) is 28.6. The average molecular weight is 747 g/mol. The Bertz CT molecular complexity index is 1510. The molecule has 0 spiro atoms. The molecule has 14 heteroatoms. The second kappa shape index (κ2) is 19.7. The summed E-state index contributed by atoms with van der Waals surface area (Å²) in [4.78, 5) is 26.4. The molecule has 1 N–H and O–H groups in total. The van der Waals surface area contributed by atoms with Crippen molar-refractivity contribution < 1.29 is 60.0 Å². The Kier molecular flexibility index (Phi) is 16.8. The van der Waals surface area contributed by atoms with E-state index in [2.05, 4.69) is 23.7 Å². The molecule has 0 fully saturated rings. The minimum Gasteiger partial charge on any atom is -0.446 e. The molecule has 0 saturated carbocycles. The number of unbranched alkanes of at least 4 members (excludes halogenated alkanes) is 4. The van der Waals surface area contributed by atoms with Gasteiger partial charge in [0.2, 0.25) is 0 Å². The van der Waals surface area contributed by atoms with Crippen molar-refractivity contribution in [3.63, 3.8) is 0 Å². The van der Waals surface area contributed by atoms with E-state index in [0.29, 0.717) is 20.6 Å². The van der Waals surface area contributed by atoms with Gasteiger partial charge in [0.25, 0.3) is 11.2 Å². The molecule has 0 bridgehead atoms. The predicted molar refractivity (Wildman–Crippen MR) is 177 cm³/mol. The molecule has 0 saturated heterocycles. The number of rotatable bonds is 17. The first kappa shape index (κ1) is 43.4. The lowest BCUT2D eigenvalue weighted by Gasteiger charge is -2.34. The number of ether oxygens (including phenoxy) is 4. The van der Waals surface area contributed by atoms with Gasteiger partial charge in [0.1, 0.15) is 6.10 Å². The van der Waals surface area contributed by atoms with Crippen LogP contribution in [0.5, 0.6) is 0 Å². The summed E-state index contributed by atoms with van der Waals surface area (Å²) in [6.07, 6.45) is -11.5. The van der Waals surface area contributed by atoms with Gasteiger partial charge in [-0.25, -0.2) is 9.59 Å². The molecule has 0 aliphatic carbocycles. The van der Waals surface area contributed by atoms with E-state index in [0.717, 1.165) is 49.9 Å². The van der Waals surface area contributed by atoms with Crippen LogP contribution in [0.2, 0.25) is 0 Å². The number of hydrogen-bond acceptors (Lipinski definition) is 7. The average Bonchev–Trinajstić information content (AvgIpc) is 3.09. The Morgan fingerprint density at radius 1 is 0.725 bits per heavy atom. The molecule has 1 unspecified atom stereocenters. The van der Waals surface area contributed by atoms with Crippen molar-refractivity contribution in [1.82, 2.24) is 0 Å². The van der Waals surface area contributed by atoms with Crippen molar-refractivity contribution in [2.45, 2.75) is 106 Å². The minimum atomic E-state index is -5.33. The maximum Gasteiger partial charge on any atom is 0.432 e. The third-order valence-electron chi connectivity index (χ3n) is 7.97. The number of alkyl halides is 7. The number of carbonyl (C=O) groups is 2. The number of aliphatic hydroxyl groups excluding tert-OH is 1. The number of hydrogen-bond donors (Lipinski definition) is 1. The first-order chi connectivity index (χ1) is 24.1. The van der Waals surface area contributed by atoms with Crippen LogP contribution in [-0.4, -0.2) is 67.3 Å². The van der Waals surface area contributed by atoms with Crippen LogP contribution in [0.25, 0.3) is 0 Å². The number of aliphatic hydroxyl groups is 1. The Morgan fingerprint density at radius 2 is 1.18 bits per heavy atom. The second-order valence-electron chi connectivity index (χ2n) is 11.4. The highest BCUT2D eigenvalue weighted by atomic mass is 35.5. The summed E-state index contributed by atoms with van der Waals surface area (Å²) >= 11 is 6.40. The topological polar surface area (TPSA) is 91.3 Å². The number of esters is 2. The molecule has 2 aromatic rings. The maximum atomic E-state index is 14.5. The predicted octanol–water partition coefficient (Wildman–Crippen LogP) is 7.76. The van der Waals surface area contributed by atoms with E-state index in [-0.39, 0.29) is 12.8 Å². The molecule has 6 atom stereocenters. The van der Waals surface area contributed by atoms with E-state index in [9.17, 15) is 41.0 Å². The van der Waals surface area contributed by atoms with Gasteiger partial charge in [-0.15, -0.1) is 11.6 Å². The molecule has 51 heavy (non-hydrogen) atoms. The van der Waals surface area contributed by atoms with Crippen molar-refractivity contribution in [3.05, 3.63) is 71.8 Å². The third-order valence-corrected chi connectivity index (χ3v) is 8.45. The van der Waals surface area contributed by atoms with Crippen LogP contribution in [-0.2, 0) is 39.7 Å². The summed E-state index contributed by atoms with van der Waals surface area (Å²) in [5.74, 6) is 5.43. The van der Waals surface area contributed by atoms with Gasteiger partial charge in [-0.2, -0.15) is 26.3 Å². The minimum absolute atomic E-state index is 0.102. The summed E-state index contributed by atoms with van der Waals surface area (Å²) in [5, 5.41) is 9.93. The standard InChI is InChI=1S/C37H41ClF6O7/c1-5-7-8-9-16-24-29(38)31(45)30(51-33(47)35(49-4,37(42,43)44)27-21-14-11-15-22-27)25-18-17-23-28(6-2)50-32(46)34(48-3,36(39,40)41)26-19-12-10-13-20-26/h10-15,19-22,28-31,45H,5-9,16,24H2,1-4H3/t28-,29?,30+,31-,34-,35-/m0/s1. The fourth-order valence-corrected chi connectivity index (χ4v) is 5.40. The Hall–Kier alpha value is -3.75. The number of benzene rings is 2. The summed E-state index contributed by atoms with van der Waals surface area (Å²) in [5.41, 5.74) is -8.21. The van der Waals surface area contributed by atoms with E-state index in [1.165, 1.54) is 43.3 Å². The van der Waals surface area contributed by atoms with E-state index >= 15 is 0 Å². The van der Waals surface area contributed by atoms with Crippen molar-refractivity contribution in [2.75, 3.05) is 14.2 Å². The van der Waals surface area contributed by atoms with Crippen LogP contribution in [0.4, 0.5) is 26.3 Å². The van der Waals surface area contributed by atoms with Crippen molar-refractivity contribution in [3.8, 4) is 23.7 Å². The molecule has 0 aromatic heterocycles. The van der Waals surface area contributed by atoms with Crippen LogP contribution >= 0.6 is 11.6 Å². The summed E-state index contributed by atoms with van der Waals surface area (Å²) in [7, 11) is 1.38. The molecular formula is C37H41ClF6O7. The second-order valence-corrected chi connectivity index (χ2v) is 11.9. The highest BCUT2D eigenvalue weighted by Gasteiger charge is 2.65. The smallest absolute Gasteiger partial charge is 0.432 e. The zero-order valence-corrected chi connectivity index (χ0v) is 29.3. The fraction of sp³-hybridized carbons (Fsp3) is 0.514. The van der Waals surface area contributed by atoms with Gasteiger partial charge in [-0.1, -0.05) is 107 Å². The zero-order chi connectivity index (χ0) is 38.3. The van der Waals surface area contributed by atoms with Gasteiger partial charge in [0.05, 0.1) is 5.38 Å². The number of carbonyl (C=O) groups excluding carboxylic acids is 2. The van der Waals surface area contributed by atoms with Gasteiger partial charge < -0.3 is 24.1 Å².